The van der Waals surface area contributed by atoms with E-state index >= 15 is 0 Å². The Morgan fingerprint density at radius 3 is 1.80 bits per heavy atom. The molecule has 4 nitrogen and oxygen atoms in total. The van der Waals surface area contributed by atoms with Crippen LogP contribution in [0.3, 0.4) is 0 Å². The maximum atomic E-state index is 12.3. The number of ether oxygens (including phenoxy) is 2. The fraction of sp³-hybridized carbons (Fsp3) is 1.00. The fourth-order valence-corrected chi connectivity index (χ4v) is 1.63. The number of nitrogens with one attached hydrogen (secondary N) is 1. The van der Waals surface area contributed by atoms with Gasteiger partial charge in [-0.2, -0.15) is 13.2 Å². The summed E-state index contributed by atoms with van der Waals surface area (Å²) in [5.41, 5.74) is -4.51. The smallest absolute Gasteiger partial charge is 0.383 e. The number of rotatable bonds is 7. The molecule has 0 saturated carbocycles. The molecular weight excluding hydrogens is 233 g/mol. The summed E-state index contributed by atoms with van der Waals surface area (Å²) >= 11 is 0. The van der Waals surface area contributed by atoms with Gasteiger partial charge in [-0.15, -0.1) is 0 Å². The van der Waals surface area contributed by atoms with Gasteiger partial charge in [0.05, 0.1) is 24.1 Å². The molecule has 0 amide bonds. The average molecular weight is 248 g/mol. The van der Waals surface area contributed by atoms with Crippen molar-refractivity contribution in [3.8, 4) is 0 Å². The van der Waals surface area contributed by atoms with Crippen LogP contribution in [0.5, 0.6) is 0 Å². The van der Waals surface area contributed by atoms with Crippen molar-refractivity contribution >= 4 is 10.9 Å². The minimum Gasteiger partial charge on any atom is -0.383 e. The predicted octanol–water partition coefficient (Wildman–Crippen LogP) is 1.40. The van der Waals surface area contributed by atoms with Gasteiger partial charge in [0.25, 0.3) is 0 Å². The summed E-state index contributed by atoms with van der Waals surface area (Å²) < 4.78 is 54.2. The molecule has 0 heterocycles. The second-order valence-electron chi connectivity index (χ2n) is 2.64. The first-order valence-electron chi connectivity index (χ1n) is 4.18. The third-order valence-corrected chi connectivity index (χ3v) is 2.89. The van der Waals surface area contributed by atoms with E-state index in [4.69, 9.17) is 4.78 Å². The molecule has 0 aliphatic rings. The Kier molecular flexibility index (Phi) is 7.07. The lowest BCUT2D eigenvalue weighted by Gasteiger charge is -2.24. The van der Waals surface area contributed by atoms with E-state index in [1.165, 1.54) is 14.2 Å². The monoisotopic (exact) mass is 248 g/mol. The summed E-state index contributed by atoms with van der Waals surface area (Å²) in [6.45, 7) is 0.488. The van der Waals surface area contributed by atoms with E-state index in [-0.39, 0.29) is 26.3 Å². The van der Waals surface area contributed by atoms with Crippen LogP contribution in [0.4, 0.5) is 13.2 Å². The van der Waals surface area contributed by atoms with E-state index in [0.717, 1.165) is 4.31 Å². The number of nitrogens with zero attached hydrogens (tertiary/aromatic N) is 1. The highest BCUT2D eigenvalue weighted by Gasteiger charge is 2.37. The number of halogens is 3. The van der Waals surface area contributed by atoms with E-state index in [1.807, 2.05) is 0 Å². The first-order valence-corrected chi connectivity index (χ1v) is 5.37. The van der Waals surface area contributed by atoms with Crippen LogP contribution in [0, 0.1) is 4.78 Å². The molecule has 0 aromatic heterocycles. The SMILES string of the molecule is COCCN(CCOC)S(=N)C(F)(F)F. The van der Waals surface area contributed by atoms with Crippen LogP contribution in [-0.4, -0.2) is 50.3 Å². The highest BCUT2D eigenvalue weighted by molar-refractivity contribution is 7.84. The Labute approximate surface area is 89.4 Å². The third kappa shape index (κ3) is 6.08. The molecule has 92 valence electrons. The second-order valence-corrected chi connectivity index (χ2v) is 4.19. The zero-order valence-corrected chi connectivity index (χ0v) is 9.45. The zero-order valence-electron chi connectivity index (χ0n) is 8.63. The maximum absolute atomic E-state index is 12.3. The van der Waals surface area contributed by atoms with Crippen LogP contribution in [0.15, 0.2) is 0 Å². The Morgan fingerprint density at radius 1 is 1.13 bits per heavy atom. The topological polar surface area (TPSA) is 45.6 Å². The summed E-state index contributed by atoms with van der Waals surface area (Å²) in [6.07, 6.45) is 0. The lowest BCUT2D eigenvalue weighted by molar-refractivity contribution is -0.0406. The molecule has 0 fully saturated rings. The van der Waals surface area contributed by atoms with Crippen molar-refractivity contribution in [2.75, 3.05) is 40.5 Å². The summed E-state index contributed by atoms with van der Waals surface area (Å²) in [6, 6.07) is 0. The van der Waals surface area contributed by atoms with Crippen LogP contribution in [-0.2, 0) is 20.4 Å². The fourth-order valence-electron chi connectivity index (χ4n) is 0.827. The molecule has 1 N–H and O–H groups in total. The van der Waals surface area contributed by atoms with Gasteiger partial charge in [0.1, 0.15) is 0 Å². The normalized spacial score (nSPS) is 14.5. The first kappa shape index (κ1) is 14.8. The van der Waals surface area contributed by atoms with Crippen LogP contribution < -0.4 is 0 Å². The van der Waals surface area contributed by atoms with E-state index in [1.54, 1.807) is 0 Å². The zero-order chi connectivity index (χ0) is 11.9. The van der Waals surface area contributed by atoms with Gasteiger partial charge in [0.15, 0.2) is 0 Å². The van der Waals surface area contributed by atoms with Crippen molar-refractivity contribution in [1.82, 2.24) is 4.31 Å². The Morgan fingerprint density at radius 2 is 1.53 bits per heavy atom. The predicted molar refractivity (Wildman–Crippen MR) is 51.5 cm³/mol. The third-order valence-electron chi connectivity index (χ3n) is 1.57. The Hall–Kier alpha value is -0.180. The van der Waals surface area contributed by atoms with Crippen LogP contribution in [0.2, 0.25) is 0 Å². The van der Waals surface area contributed by atoms with Gasteiger partial charge >= 0.3 is 5.51 Å². The van der Waals surface area contributed by atoms with Gasteiger partial charge < -0.3 is 9.47 Å². The van der Waals surface area contributed by atoms with Gasteiger partial charge in [-0.25, -0.2) is 4.31 Å². The lowest BCUT2D eigenvalue weighted by atomic mass is 10.6. The average Bonchev–Trinajstić information content (AvgIpc) is 2.16. The Bertz CT molecular complexity index is 193. The molecule has 8 heteroatoms. The number of alkyl halides is 3. The molecule has 0 aromatic carbocycles. The van der Waals surface area contributed by atoms with Gasteiger partial charge in [-0.1, -0.05) is 0 Å². The van der Waals surface area contributed by atoms with Crippen molar-refractivity contribution < 1.29 is 22.6 Å². The molecule has 0 aliphatic heterocycles. The van der Waals surface area contributed by atoms with Crippen molar-refractivity contribution in [3.63, 3.8) is 0 Å². The van der Waals surface area contributed by atoms with E-state index in [9.17, 15) is 13.2 Å². The molecule has 15 heavy (non-hydrogen) atoms. The van der Waals surface area contributed by atoms with Crippen molar-refractivity contribution in [2.24, 2.45) is 0 Å². The van der Waals surface area contributed by atoms with E-state index < -0.39 is 16.4 Å². The van der Waals surface area contributed by atoms with Gasteiger partial charge in [-0.05, 0) is 0 Å². The largest absolute Gasteiger partial charge is 0.465 e. The quantitative estimate of drug-likeness (QED) is 0.740. The molecule has 0 aromatic rings. The minimum absolute atomic E-state index is 0.0754. The van der Waals surface area contributed by atoms with Crippen molar-refractivity contribution in [1.29, 1.82) is 4.78 Å². The standard InChI is InChI=1S/C7H15F3N2O2S/c1-13-5-3-12(4-6-14-2)15(11)7(8,9)10/h11H,3-6H2,1-2H3. The van der Waals surface area contributed by atoms with Gasteiger partial charge in [0, 0.05) is 27.3 Å². The number of hydrogen-bond donors (Lipinski definition) is 1. The summed E-state index contributed by atoms with van der Waals surface area (Å²) in [5, 5.41) is 0. The van der Waals surface area contributed by atoms with E-state index in [2.05, 4.69) is 9.47 Å². The van der Waals surface area contributed by atoms with Crippen LogP contribution >= 0.6 is 0 Å². The first-order chi connectivity index (χ1) is 6.93. The highest BCUT2D eigenvalue weighted by Crippen LogP contribution is 2.23. The summed E-state index contributed by atoms with van der Waals surface area (Å²) in [5.74, 6) is 0. The molecule has 1 atom stereocenters. The Balaban J connectivity index is 4.27. The lowest BCUT2D eigenvalue weighted by Crippen LogP contribution is -2.38. The van der Waals surface area contributed by atoms with Crippen molar-refractivity contribution in [3.05, 3.63) is 0 Å². The molecule has 1 unspecified atom stereocenters. The molecule has 0 rings (SSSR count). The van der Waals surface area contributed by atoms with Crippen LogP contribution in [0.25, 0.3) is 0 Å². The highest BCUT2D eigenvalue weighted by atomic mass is 32.2. The van der Waals surface area contributed by atoms with Crippen LogP contribution in [0.1, 0.15) is 0 Å². The molecule has 0 spiro atoms. The second kappa shape index (κ2) is 7.15. The molecular formula is C7H15F3N2O2S. The molecule has 0 bridgehead atoms. The van der Waals surface area contributed by atoms with E-state index in [0.29, 0.717) is 0 Å². The molecule has 0 aliphatic carbocycles. The molecule has 0 radical (unpaired) electrons. The van der Waals surface area contributed by atoms with Gasteiger partial charge in [-0.3, -0.25) is 4.78 Å². The van der Waals surface area contributed by atoms with Gasteiger partial charge in [0.2, 0.25) is 0 Å². The minimum atomic E-state index is -4.51. The summed E-state index contributed by atoms with van der Waals surface area (Å²) in [7, 11) is 0.309. The summed E-state index contributed by atoms with van der Waals surface area (Å²) in [4.78, 5) is 0. The van der Waals surface area contributed by atoms with Crippen molar-refractivity contribution in [2.45, 2.75) is 5.51 Å². The number of methoxy groups -OCH3 is 2. The molecule has 0 saturated heterocycles. The number of hydrogen-bond acceptors (Lipinski definition) is 3. The maximum Gasteiger partial charge on any atom is 0.465 e.